The number of carbonyl (C=O) groups is 1. The molecule has 0 unspecified atom stereocenters. The van der Waals surface area contributed by atoms with Crippen LogP contribution in [0.5, 0.6) is 5.75 Å². The standard InChI is InChI=1S/C23H21N5O2/c1-14(15-5-6-15)30-19-9-7-18(8-10-19)24-23(29)17-4-2-3-16(13-17)20-11-12-21-22(25-20)27-28-26-21/h2-4,7-15H,5-6H2,1H3,(H,24,29)(H,25,26,27,28)/t14-/m1/s1. The number of carbonyl (C=O) groups excluding carboxylic acids is 1. The van der Waals surface area contributed by atoms with Crippen molar-refractivity contribution < 1.29 is 9.53 Å². The average Bonchev–Trinajstić information content (AvgIpc) is 3.52. The number of aromatic amines is 1. The van der Waals surface area contributed by atoms with E-state index in [-0.39, 0.29) is 12.0 Å². The highest BCUT2D eigenvalue weighted by molar-refractivity contribution is 6.05. The third-order valence-corrected chi connectivity index (χ3v) is 5.33. The summed E-state index contributed by atoms with van der Waals surface area (Å²) < 4.78 is 5.94. The van der Waals surface area contributed by atoms with E-state index in [1.807, 2.05) is 54.6 Å². The van der Waals surface area contributed by atoms with E-state index in [4.69, 9.17) is 4.74 Å². The molecule has 2 heterocycles. The summed E-state index contributed by atoms with van der Waals surface area (Å²) in [6.45, 7) is 2.11. The Labute approximate surface area is 173 Å². The number of anilines is 1. The van der Waals surface area contributed by atoms with Crippen molar-refractivity contribution in [2.75, 3.05) is 5.32 Å². The smallest absolute Gasteiger partial charge is 0.255 e. The first-order valence-corrected chi connectivity index (χ1v) is 10.0. The van der Waals surface area contributed by atoms with Crippen molar-refractivity contribution in [2.24, 2.45) is 5.92 Å². The molecule has 2 N–H and O–H groups in total. The number of aromatic nitrogens is 4. The lowest BCUT2D eigenvalue weighted by Gasteiger charge is -2.14. The van der Waals surface area contributed by atoms with Gasteiger partial charge in [-0.2, -0.15) is 0 Å². The van der Waals surface area contributed by atoms with Crippen molar-refractivity contribution in [2.45, 2.75) is 25.9 Å². The maximum atomic E-state index is 12.7. The van der Waals surface area contributed by atoms with Gasteiger partial charge in [0.25, 0.3) is 5.91 Å². The maximum absolute atomic E-state index is 12.7. The summed E-state index contributed by atoms with van der Waals surface area (Å²) in [7, 11) is 0. The van der Waals surface area contributed by atoms with Crippen molar-refractivity contribution in [3.05, 3.63) is 66.2 Å². The number of ether oxygens (including phenoxy) is 1. The highest BCUT2D eigenvalue weighted by Crippen LogP contribution is 2.34. The van der Waals surface area contributed by atoms with Gasteiger partial charge in [0.05, 0.1) is 11.8 Å². The molecule has 1 amide bonds. The number of nitrogens with zero attached hydrogens (tertiary/aromatic N) is 3. The summed E-state index contributed by atoms with van der Waals surface area (Å²) in [6.07, 6.45) is 2.73. The molecule has 2 aromatic heterocycles. The van der Waals surface area contributed by atoms with Gasteiger partial charge >= 0.3 is 0 Å². The number of rotatable bonds is 6. The lowest BCUT2D eigenvalue weighted by molar-refractivity contribution is 0.102. The van der Waals surface area contributed by atoms with E-state index in [0.29, 0.717) is 22.6 Å². The zero-order valence-corrected chi connectivity index (χ0v) is 16.5. The summed E-state index contributed by atoms with van der Waals surface area (Å²) in [5.41, 5.74) is 4.18. The molecule has 0 radical (unpaired) electrons. The second kappa shape index (κ2) is 7.59. The van der Waals surface area contributed by atoms with Crippen molar-refractivity contribution in [3.8, 4) is 17.0 Å². The van der Waals surface area contributed by atoms with Crippen molar-refractivity contribution in [3.63, 3.8) is 0 Å². The zero-order chi connectivity index (χ0) is 20.5. The molecule has 7 heteroatoms. The van der Waals surface area contributed by atoms with Crippen LogP contribution < -0.4 is 10.1 Å². The van der Waals surface area contributed by atoms with E-state index in [0.717, 1.165) is 22.7 Å². The first kappa shape index (κ1) is 18.3. The van der Waals surface area contributed by atoms with E-state index in [1.54, 1.807) is 6.07 Å². The monoisotopic (exact) mass is 399 g/mol. The lowest BCUT2D eigenvalue weighted by Crippen LogP contribution is -2.14. The highest BCUT2D eigenvalue weighted by Gasteiger charge is 2.29. The van der Waals surface area contributed by atoms with E-state index >= 15 is 0 Å². The van der Waals surface area contributed by atoms with Crippen LogP contribution >= 0.6 is 0 Å². The minimum Gasteiger partial charge on any atom is -0.490 e. The molecule has 7 nitrogen and oxygen atoms in total. The summed E-state index contributed by atoms with van der Waals surface area (Å²) in [5, 5.41) is 13.4. The number of pyridine rings is 1. The van der Waals surface area contributed by atoms with Gasteiger partial charge in [0.1, 0.15) is 11.3 Å². The second-order valence-electron chi connectivity index (χ2n) is 7.60. The summed E-state index contributed by atoms with van der Waals surface area (Å²) in [4.78, 5) is 17.3. The Bertz CT molecular complexity index is 1200. The Balaban J connectivity index is 1.29. The molecule has 1 saturated carbocycles. The molecule has 4 aromatic rings. The Morgan fingerprint density at radius 2 is 1.97 bits per heavy atom. The van der Waals surface area contributed by atoms with Gasteiger partial charge in [0.2, 0.25) is 0 Å². The number of nitrogens with one attached hydrogen (secondary N) is 2. The van der Waals surface area contributed by atoms with Crippen molar-refractivity contribution in [1.29, 1.82) is 0 Å². The molecule has 1 fully saturated rings. The van der Waals surface area contributed by atoms with Gasteiger partial charge in [-0.25, -0.2) is 10.1 Å². The highest BCUT2D eigenvalue weighted by atomic mass is 16.5. The van der Waals surface area contributed by atoms with Gasteiger partial charge in [-0.15, -0.1) is 5.10 Å². The molecule has 1 atom stereocenters. The molecule has 0 bridgehead atoms. The third kappa shape index (κ3) is 3.87. The average molecular weight is 399 g/mol. The van der Waals surface area contributed by atoms with E-state index in [9.17, 15) is 4.79 Å². The fourth-order valence-corrected chi connectivity index (χ4v) is 3.42. The number of hydrogen-bond acceptors (Lipinski definition) is 5. The fraction of sp³-hybridized carbons (Fsp3) is 0.217. The van der Waals surface area contributed by atoms with Gasteiger partial charge in [0, 0.05) is 16.8 Å². The van der Waals surface area contributed by atoms with Crippen molar-refractivity contribution in [1.82, 2.24) is 20.4 Å². The molecular weight excluding hydrogens is 378 g/mol. The Hall–Kier alpha value is -3.74. The van der Waals surface area contributed by atoms with Crippen LogP contribution in [0.4, 0.5) is 5.69 Å². The van der Waals surface area contributed by atoms with Crippen LogP contribution in [0, 0.1) is 5.92 Å². The van der Waals surface area contributed by atoms with Crippen LogP contribution in [0.25, 0.3) is 22.4 Å². The summed E-state index contributed by atoms with van der Waals surface area (Å²) >= 11 is 0. The maximum Gasteiger partial charge on any atom is 0.255 e. The number of benzene rings is 2. The van der Waals surface area contributed by atoms with E-state index in [1.165, 1.54) is 12.8 Å². The predicted octanol–water partition coefficient (Wildman–Crippen LogP) is 4.45. The van der Waals surface area contributed by atoms with Gasteiger partial charge in [-0.3, -0.25) is 4.79 Å². The largest absolute Gasteiger partial charge is 0.490 e. The molecule has 30 heavy (non-hydrogen) atoms. The van der Waals surface area contributed by atoms with Crippen molar-refractivity contribution >= 4 is 22.8 Å². The van der Waals surface area contributed by atoms with Gasteiger partial charge < -0.3 is 10.1 Å². The molecule has 5 rings (SSSR count). The van der Waals surface area contributed by atoms with Gasteiger partial charge in [-0.1, -0.05) is 17.3 Å². The SMILES string of the molecule is C[C@@H](Oc1ccc(NC(=O)c2cccc(-c3ccc4nn[nH]c4n3)c2)cc1)C1CC1. The van der Waals surface area contributed by atoms with Crippen LogP contribution in [-0.4, -0.2) is 32.4 Å². The van der Waals surface area contributed by atoms with E-state index in [2.05, 4.69) is 32.6 Å². The zero-order valence-electron chi connectivity index (χ0n) is 16.5. The van der Waals surface area contributed by atoms with Gasteiger partial charge in [0.15, 0.2) is 5.65 Å². The lowest BCUT2D eigenvalue weighted by atomic mass is 10.1. The number of hydrogen-bond donors (Lipinski definition) is 2. The molecule has 2 aromatic carbocycles. The fourth-order valence-electron chi connectivity index (χ4n) is 3.42. The van der Waals surface area contributed by atoms with Gasteiger partial charge in [-0.05, 0) is 74.2 Å². The van der Waals surface area contributed by atoms with Crippen LogP contribution in [-0.2, 0) is 0 Å². The first-order valence-electron chi connectivity index (χ1n) is 10.0. The third-order valence-electron chi connectivity index (χ3n) is 5.33. The second-order valence-corrected chi connectivity index (χ2v) is 7.60. The molecule has 1 aliphatic rings. The Morgan fingerprint density at radius 3 is 2.77 bits per heavy atom. The molecule has 1 aliphatic carbocycles. The minimum absolute atomic E-state index is 0.179. The predicted molar refractivity (Wildman–Crippen MR) is 114 cm³/mol. The molecule has 0 saturated heterocycles. The first-order chi connectivity index (χ1) is 14.7. The van der Waals surface area contributed by atoms with Crippen LogP contribution in [0.2, 0.25) is 0 Å². The quantitative estimate of drug-likeness (QED) is 0.500. The molecular formula is C23H21N5O2. The number of amides is 1. The number of fused-ring (bicyclic) bond motifs is 1. The Morgan fingerprint density at radius 1 is 1.13 bits per heavy atom. The van der Waals surface area contributed by atoms with E-state index < -0.39 is 0 Å². The molecule has 150 valence electrons. The molecule has 0 spiro atoms. The number of H-pyrrole nitrogens is 1. The summed E-state index contributed by atoms with van der Waals surface area (Å²) in [6, 6.07) is 18.6. The molecule has 0 aliphatic heterocycles. The van der Waals surface area contributed by atoms with Crippen LogP contribution in [0.3, 0.4) is 0 Å². The van der Waals surface area contributed by atoms with Crippen LogP contribution in [0.15, 0.2) is 60.7 Å². The topological polar surface area (TPSA) is 92.8 Å². The normalized spacial score (nSPS) is 14.4. The van der Waals surface area contributed by atoms with Crippen LogP contribution in [0.1, 0.15) is 30.1 Å². The summed E-state index contributed by atoms with van der Waals surface area (Å²) in [5.74, 6) is 1.32. The Kier molecular flexibility index (Phi) is 4.63. The minimum atomic E-state index is -0.179.